The van der Waals surface area contributed by atoms with E-state index in [2.05, 4.69) is 5.43 Å². The maximum atomic E-state index is 12.2. The number of aromatic hydroxyl groups is 1. The predicted octanol–water partition coefficient (Wildman–Crippen LogP) is 2.89. The van der Waals surface area contributed by atoms with Gasteiger partial charge in [-0.3, -0.25) is 10.2 Å². The molecule has 0 aliphatic rings. The minimum atomic E-state index is -0.163. The zero-order chi connectivity index (χ0) is 14.1. The molecule has 2 N–H and O–H groups in total. The van der Waals surface area contributed by atoms with E-state index in [1.54, 1.807) is 18.2 Å². The molecule has 3 aromatic rings. The maximum absolute atomic E-state index is 12.2. The number of hydrogen-bond acceptors (Lipinski definition) is 3. The lowest BCUT2D eigenvalue weighted by Crippen LogP contribution is -2.26. The second kappa shape index (κ2) is 4.74. The standard InChI is InChI=1S/C16H14N2O2/c1-11-9-16(20)18(17-12-5-3-2-4-6-12)15-10-13(19)7-8-14(11)15/h2-10,17,19H,1H3. The van der Waals surface area contributed by atoms with Crippen LogP contribution in [-0.4, -0.2) is 9.78 Å². The van der Waals surface area contributed by atoms with E-state index >= 15 is 0 Å². The van der Waals surface area contributed by atoms with E-state index in [0.717, 1.165) is 16.6 Å². The topological polar surface area (TPSA) is 54.3 Å². The molecule has 0 amide bonds. The number of fused-ring (bicyclic) bond motifs is 1. The van der Waals surface area contributed by atoms with E-state index in [9.17, 15) is 9.90 Å². The third-order valence-electron chi connectivity index (χ3n) is 3.22. The van der Waals surface area contributed by atoms with Gasteiger partial charge in [0.05, 0.1) is 11.2 Å². The number of anilines is 1. The first-order chi connectivity index (χ1) is 9.65. The number of phenols is 1. The molecule has 4 nitrogen and oxygen atoms in total. The van der Waals surface area contributed by atoms with Gasteiger partial charge in [0.1, 0.15) is 5.75 Å². The summed E-state index contributed by atoms with van der Waals surface area (Å²) in [7, 11) is 0. The molecule has 4 heteroatoms. The summed E-state index contributed by atoms with van der Waals surface area (Å²) < 4.78 is 1.44. The molecule has 100 valence electrons. The molecular weight excluding hydrogens is 252 g/mol. The molecule has 3 rings (SSSR count). The number of hydrogen-bond donors (Lipinski definition) is 2. The summed E-state index contributed by atoms with van der Waals surface area (Å²) >= 11 is 0. The van der Waals surface area contributed by atoms with E-state index in [4.69, 9.17) is 0 Å². The van der Waals surface area contributed by atoms with Crippen molar-refractivity contribution in [3.05, 3.63) is 70.5 Å². The lowest BCUT2D eigenvalue weighted by atomic mass is 10.1. The Morgan fingerprint density at radius 1 is 1.05 bits per heavy atom. The third-order valence-corrected chi connectivity index (χ3v) is 3.22. The van der Waals surface area contributed by atoms with Crippen LogP contribution in [-0.2, 0) is 0 Å². The quantitative estimate of drug-likeness (QED) is 0.750. The molecule has 0 unspecified atom stereocenters. The fourth-order valence-corrected chi connectivity index (χ4v) is 2.24. The highest BCUT2D eigenvalue weighted by atomic mass is 16.3. The van der Waals surface area contributed by atoms with Crippen LogP contribution in [0.4, 0.5) is 5.69 Å². The van der Waals surface area contributed by atoms with Crippen molar-refractivity contribution in [2.45, 2.75) is 6.92 Å². The zero-order valence-corrected chi connectivity index (χ0v) is 11.0. The number of phenolic OH excluding ortho intramolecular Hbond substituents is 1. The van der Waals surface area contributed by atoms with Crippen LogP contribution in [0.15, 0.2) is 59.4 Å². The van der Waals surface area contributed by atoms with Gasteiger partial charge in [-0.15, -0.1) is 0 Å². The van der Waals surface area contributed by atoms with Crippen molar-refractivity contribution in [2.75, 3.05) is 5.43 Å². The number of pyridine rings is 1. The molecule has 0 spiro atoms. The third kappa shape index (κ3) is 2.12. The van der Waals surface area contributed by atoms with Crippen molar-refractivity contribution in [3.63, 3.8) is 0 Å². The molecule has 0 fully saturated rings. The fourth-order valence-electron chi connectivity index (χ4n) is 2.24. The van der Waals surface area contributed by atoms with Crippen LogP contribution in [0, 0.1) is 6.92 Å². The minimum absolute atomic E-state index is 0.131. The average molecular weight is 266 g/mol. The Morgan fingerprint density at radius 2 is 1.80 bits per heavy atom. The normalized spacial score (nSPS) is 10.7. The number of nitrogens with zero attached hydrogens (tertiary/aromatic N) is 1. The van der Waals surface area contributed by atoms with Gasteiger partial charge in [-0.1, -0.05) is 18.2 Å². The van der Waals surface area contributed by atoms with Gasteiger partial charge in [0, 0.05) is 17.5 Å². The molecule has 1 heterocycles. The van der Waals surface area contributed by atoms with E-state index < -0.39 is 0 Å². The molecule has 0 radical (unpaired) electrons. The monoisotopic (exact) mass is 266 g/mol. The van der Waals surface area contributed by atoms with Crippen LogP contribution in [0.3, 0.4) is 0 Å². The van der Waals surface area contributed by atoms with E-state index in [-0.39, 0.29) is 11.3 Å². The lowest BCUT2D eigenvalue weighted by Gasteiger charge is -2.14. The highest BCUT2D eigenvalue weighted by molar-refractivity contribution is 5.84. The Morgan fingerprint density at radius 3 is 2.55 bits per heavy atom. The Balaban J connectivity index is 2.24. The molecule has 2 aromatic carbocycles. The van der Waals surface area contributed by atoms with Crippen molar-refractivity contribution in [1.29, 1.82) is 0 Å². The van der Waals surface area contributed by atoms with Crippen molar-refractivity contribution in [3.8, 4) is 5.75 Å². The molecule has 0 saturated heterocycles. The second-order valence-electron chi connectivity index (χ2n) is 4.68. The summed E-state index contributed by atoms with van der Waals surface area (Å²) in [4.78, 5) is 12.2. The average Bonchev–Trinajstić information content (AvgIpc) is 2.44. The van der Waals surface area contributed by atoms with Crippen molar-refractivity contribution in [2.24, 2.45) is 0 Å². The van der Waals surface area contributed by atoms with Gasteiger partial charge in [0.25, 0.3) is 5.56 Å². The molecule has 0 aliphatic heterocycles. The highest BCUT2D eigenvalue weighted by Crippen LogP contribution is 2.21. The van der Waals surface area contributed by atoms with Gasteiger partial charge in [-0.05, 0) is 36.8 Å². The Kier molecular flexibility index (Phi) is 2.91. The van der Waals surface area contributed by atoms with Crippen LogP contribution in [0.1, 0.15) is 5.56 Å². The number of aryl methyl sites for hydroxylation is 1. The SMILES string of the molecule is Cc1cc(=O)n(Nc2ccccc2)c2cc(O)ccc12. The molecule has 0 atom stereocenters. The van der Waals surface area contributed by atoms with Crippen LogP contribution in [0.5, 0.6) is 5.75 Å². The summed E-state index contributed by atoms with van der Waals surface area (Å²) in [5.74, 6) is 0.131. The number of nitrogens with one attached hydrogen (secondary N) is 1. The predicted molar refractivity (Wildman–Crippen MR) is 80.1 cm³/mol. The van der Waals surface area contributed by atoms with Gasteiger partial charge in [0.2, 0.25) is 0 Å². The smallest absolute Gasteiger partial charge is 0.269 e. The number of para-hydroxylation sites is 1. The van der Waals surface area contributed by atoms with Crippen LogP contribution >= 0.6 is 0 Å². The second-order valence-corrected chi connectivity index (χ2v) is 4.68. The van der Waals surface area contributed by atoms with E-state index in [0.29, 0.717) is 5.52 Å². The van der Waals surface area contributed by atoms with E-state index in [1.165, 1.54) is 4.68 Å². The fraction of sp³-hybridized carbons (Fsp3) is 0.0625. The highest BCUT2D eigenvalue weighted by Gasteiger charge is 2.07. The van der Waals surface area contributed by atoms with Gasteiger partial charge in [-0.25, -0.2) is 4.68 Å². The first-order valence-electron chi connectivity index (χ1n) is 6.32. The van der Waals surface area contributed by atoms with Crippen LogP contribution in [0.25, 0.3) is 10.9 Å². The molecule has 20 heavy (non-hydrogen) atoms. The Hall–Kier alpha value is -2.75. The van der Waals surface area contributed by atoms with E-state index in [1.807, 2.05) is 43.3 Å². The summed E-state index contributed by atoms with van der Waals surface area (Å²) in [5, 5.41) is 10.6. The summed E-state index contributed by atoms with van der Waals surface area (Å²) in [6.07, 6.45) is 0. The number of rotatable bonds is 2. The Labute approximate surface area is 115 Å². The zero-order valence-electron chi connectivity index (χ0n) is 11.0. The molecule has 0 bridgehead atoms. The number of benzene rings is 2. The van der Waals surface area contributed by atoms with Crippen LogP contribution < -0.4 is 11.0 Å². The maximum Gasteiger partial charge on any atom is 0.269 e. The number of aromatic nitrogens is 1. The molecule has 1 aromatic heterocycles. The lowest BCUT2D eigenvalue weighted by molar-refractivity contribution is 0.476. The van der Waals surface area contributed by atoms with Gasteiger partial charge < -0.3 is 5.11 Å². The molecule has 0 aliphatic carbocycles. The largest absolute Gasteiger partial charge is 0.508 e. The summed E-state index contributed by atoms with van der Waals surface area (Å²) in [6, 6.07) is 16.0. The van der Waals surface area contributed by atoms with Crippen molar-refractivity contribution in [1.82, 2.24) is 4.68 Å². The van der Waals surface area contributed by atoms with Gasteiger partial charge in [-0.2, -0.15) is 0 Å². The van der Waals surface area contributed by atoms with Gasteiger partial charge in [0.15, 0.2) is 0 Å². The minimum Gasteiger partial charge on any atom is -0.508 e. The molecular formula is C16H14N2O2. The van der Waals surface area contributed by atoms with Crippen molar-refractivity contribution >= 4 is 16.6 Å². The van der Waals surface area contributed by atoms with Gasteiger partial charge >= 0.3 is 0 Å². The first kappa shape index (κ1) is 12.3. The summed E-state index contributed by atoms with van der Waals surface area (Å²) in [5.41, 5.74) is 5.25. The van der Waals surface area contributed by atoms with Crippen molar-refractivity contribution < 1.29 is 5.11 Å². The molecule has 0 saturated carbocycles. The first-order valence-corrected chi connectivity index (χ1v) is 6.32. The van der Waals surface area contributed by atoms with Crippen LogP contribution in [0.2, 0.25) is 0 Å². The summed E-state index contributed by atoms with van der Waals surface area (Å²) in [6.45, 7) is 1.88. The Bertz CT molecular complexity index is 823.